The topological polar surface area (TPSA) is 132 Å². The Balaban J connectivity index is 1.34. The van der Waals surface area contributed by atoms with Gasteiger partial charge < -0.3 is 14.5 Å². The maximum Gasteiger partial charge on any atom is 0.282 e. The molecule has 2 aromatic heterocycles. The third kappa shape index (κ3) is 4.21. The molecular weight excluding hydrogens is 452 g/mol. The predicted octanol–water partition coefficient (Wildman–Crippen LogP) is 2.48. The summed E-state index contributed by atoms with van der Waals surface area (Å²) in [6.45, 7) is 4.29. The highest BCUT2D eigenvalue weighted by Gasteiger charge is 2.28. The van der Waals surface area contributed by atoms with E-state index in [0.717, 1.165) is 11.4 Å². The van der Waals surface area contributed by atoms with Crippen molar-refractivity contribution in [2.45, 2.75) is 6.92 Å². The molecule has 12 heteroatoms. The average molecular weight is 474 g/mol. The first kappa shape index (κ1) is 22.2. The molecule has 0 N–H and O–H groups in total. The van der Waals surface area contributed by atoms with E-state index in [-0.39, 0.29) is 17.2 Å². The summed E-state index contributed by atoms with van der Waals surface area (Å²) in [5.41, 5.74) is 1.81. The van der Waals surface area contributed by atoms with Crippen molar-refractivity contribution in [1.82, 2.24) is 29.9 Å². The molecule has 1 saturated heterocycles. The van der Waals surface area contributed by atoms with Gasteiger partial charge in [-0.3, -0.25) is 14.9 Å². The third-order valence-corrected chi connectivity index (χ3v) is 5.81. The first-order valence-electron chi connectivity index (χ1n) is 11.1. The van der Waals surface area contributed by atoms with Crippen LogP contribution in [0.15, 0.2) is 54.9 Å². The lowest BCUT2D eigenvalue weighted by Crippen LogP contribution is -2.49. The average Bonchev–Trinajstić information content (AvgIpc) is 3.33. The van der Waals surface area contributed by atoms with Crippen molar-refractivity contribution in [3.63, 3.8) is 0 Å². The highest BCUT2D eigenvalue weighted by atomic mass is 16.6. The highest BCUT2D eigenvalue weighted by molar-refractivity contribution is 5.98. The second kappa shape index (κ2) is 9.33. The maximum absolute atomic E-state index is 12.9. The molecule has 0 spiro atoms. The fraction of sp³-hybridized carbons (Fsp3) is 0.261. The number of carbonyl (C=O) groups excluding carboxylic acids is 1. The summed E-state index contributed by atoms with van der Waals surface area (Å²) < 4.78 is 7.14. The summed E-state index contributed by atoms with van der Waals surface area (Å²) in [6.07, 6.45) is 1.47. The van der Waals surface area contributed by atoms with Crippen LogP contribution in [0.5, 0.6) is 5.75 Å². The lowest BCUT2D eigenvalue weighted by atomic mass is 10.1. The summed E-state index contributed by atoms with van der Waals surface area (Å²) in [6, 6.07) is 13.5. The molecule has 1 fully saturated rings. The lowest BCUT2D eigenvalue weighted by molar-refractivity contribution is -0.385. The molecule has 2 aromatic carbocycles. The molecule has 0 radical (unpaired) electrons. The van der Waals surface area contributed by atoms with Gasteiger partial charge in [-0.1, -0.05) is 17.3 Å². The van der Waals surface area contributed by atoms with Crippen LogP contribution in [0.2, 0.25) is 0 Å². The minimum atomic E-state index is -0.533. The largest absolute Gasteiger partial charge is 0.494 e. The quantitative estimate of drug-likeness (QED) is 0.305. The van der Waals surface area contributed by atoms with Gasteiger partial charge in [0.1, 0.15) is 17.6 Å². The number of rotatable bonds is 6. The van der Waals surface area contributed by atoms with Gasteiger partial charge in [-0.15, -0.1) is 5.10 Å². The number of aromatic nitrogens is 5. The number of amides is 1. The number of nitro benzene ring substituents is 1. The fourth-order valence-electron chi connectivity index (χ4n) is 4.10. The van der Waals surface area contributed by atoms with Crippen molar-refractivity contribution in [2.24, 2.45) is 0 Å². The fourth-order valence-corrected chi connectivity index (χ4v) is 4.10. The number of ether oxygens (including phenoxy) is 1. The Hall–Kier alpha value is -4.61. The molecule has 0 bridgehead atoms. The van der Waals surface area contributed by atoms with Crippen LogP contribution in [-0.4, -0.2) is 73.5 Å². The van der Waals surface area contributed by atoms with E-state index >= 15 is 0 Å². The number of nitrogens with zero attached hydrogens (tertiary/aromatic N) is 8. The minimum absolute atomic E-state index is 0.0914. The predicted molar refractivity (Wildman–Crippen MR) is 127 cm³/mol. The van der Waals surface area contributed by atoms with E-state index in [1.165, 1.54) is 18.5 Å². The molecule has 178 valence electrons. The molecule has 1 aliphatic rings. The Kier molecular flexibility index (Phi) is 5.92. The molecule has 0 aliphatic carbocycles. The Morgan fingerprint density at radius 2 is 1.80 bits per heavy atom. The smallest absolute Gasteiger partial charge is 0.282 e. The van der Waals surface area contributed by atoms with Gasteiger partial charge in [-0.2, -0.15) is 4.68 Å². The van der Waals surface area contributed by atoms with Gasteiger partial charge in [0.25, 0.3) is 11.6 Å². The van der Waals surface area contributed by atoms with E-state index in [0.29, 0.717) is 49.8 Å². The van der Waals surface area contributed by atoms with Crippen LogP contribution in [0.25, 0.3) is 16.9 Å². The zero-order chi connectivity index (χ0) is 24.4. The molecule has 35 heavy (non-hydrogen) atoms. The molecular formula is C23H22N8O4. The second-order valence-electron chi connectivity index (χ2n) is 7.85. The minimum Gasteiger partial charge on any atom is -0.494 e. The molecule has 4 aromatic rings. The second-order valence-corrected chi connectivity index (χ2v) is 7.85. The molecule has 1 amide bonds. The molecule has 12 nitrogen and oxygen atoms in total. The Morgan fingerprint density at radius 3 is 2.51 bits per heavy atom. The number of nitro groups is 1. The van der Waals surface area contributed by atoms with Gasteiger partial charge >= 0.3 is 0 Å². The van der Waals surface area contributed by atoms with Crippen molar-refractivity contribution < 1.29 is 14.5 Å². The van der Waals surface area contributed by atoms with Gasteiger partial charge in [0.05, 0.1) is 17.2 Å². The van der Waals surface area contributed by atoms with Crippen LogP contribution in [0, 0.1) is 10.1 Å². The monoisotopic (exact) mass is 474 g/mol. The van der Waals surface area contributed by atoms with Crippen LogP contribution in [0.4, 0.5) is 11.5 Å². The molecule has 0 saturated carbocycles. The van der Waals surface area contributed by atoms with Crippen LogP contribution in [-0.2, 0) is 0 Å². The first-order valence-corrected chi connectivity index (χ1v) is 11.1. The Bertz CT molecular complexity index is 1380. The van der Waals surface area contributed by atoms with E-state index < -0.39 is 4.92 Å². The zero-order valence-corrected chi connectivity index (χ0v) is 18.9. The van der Waals surface area contributed by atoms with Crippen LogP contribution >= 0.6 is 0 Å². The van der Waals surface area contributed by atoms with Crippen molar-refractivity contribution in [3.05, 3.63) is 70.5 Å². The number of fused-ring (bicyclic) bond motifs is 1. The summed E-state index contributed by atoms with van der Waals surface area (Å²) in [5, 5.41) is 19.9. The normalized spacial score (nSPS) is 13.7. The number of hydrogen-bond acceptors (Lipinski definition) is 9. The van der Waals surface area contributed by atoms with Crippen LogP contribution < -0.4 is 9.64 Å². The van der Waals surface area contributed by atoms with Crippen molar-refractivity contribution >= 4 is 28.6 Å². The Morgan fingerprint density at radius 1 is 1.06 bits per heavy atom. The van der Waals surface area contributed by atoms with E-state index in [2.05, 4.69) is 20.3 Å². The molecule has 1 aliphatic heterocycles. The zero-order valence-electron chi connectivity index (χ0n) is 18.9. The van der Waals surface area contributed by atoms with Gasteiger partial charge in [0.2, 0.25) is 0 Å². The maximum atomic E-state index is 12.9. The van der Waals surface area contributed by atoms with Gasteiger partial charge in [0.15, 0.2) is 17.0 Å². The van der Waals surface area contributed by atoms with Crippen molar-refractivity contribution in [1.29, 1.82) is 0 Å². The van der Waals surface area contributed by atoms with E-state index in [1.54, 1.807) is 21.7 Å². The SMILES string of the molecule is CCOc1ccc(-n2nnc3c(N4CCN(C(=O)c5ccccc5[N+](=O)[O-])CC4)ncnc32)cc1. The molecule has 3 heterocycles. The Labute approximate surface area is 199 Å². The van der Waals surface area contributed by atoms with Gasteiger partial charge in [-0.05, 0) is 37.3 Å². The summed E-state index contributed by atoms with van der Waals surface area (Å²) in [4.78, 5) is 36.2. The van der Waals surface area contributed by atoms with E-state index in [4.69, 9.17) is 4.74 Å². The number of piperazine rings is 1. The first-order chi connectivity index (χ1) is 17.1. The summed E-state index contributed by atoms with van der Waals surface area (Å²) in [7, 11) is 0. The number of para-hydroxylation sites is 1. The van der Waals surface area contributed by atoms with Gasteiger partial charge in [-0.25, -0.2) is 9.97 Å². The van der Waals surface area contributed by atoms with Gasteiger partial charge in [0, 0.05) is 32.2 Å². The van der Waals surface area contributed by atoms with Crippen molar-refractivity contribution in [3.8, 4) is 11.4 Å². The van der Waals surface area contributed by atoms with E-state index in [9.17, 15) is 14.9 Å². The number of carbonyl (C=O) groups is 1. The molecule has 0 atom stereocenters. The number of hydrogen-bond donors (Lipinski definition) is 0. The van der Waals surface area contributed by atoms with Crippen molar-refractivity contribution in [2.75, 3.05) is 37.7 Å². The number of benzene rings is 2. The molecule has 0 unspecified atom stereocenters. The highest BCUT2D eigenvalue weighted by Crippen LogP contribution is 2.26. The van der Waals surface area contributed by atoms with Crippen LogP contribution in [0.3, 0.4) is 0 Å². The van der Waals surface area contributed by atoms with Crippen LogP contribution in [0.1, 0.15) is 17.3 Å². The van der Waals surface area contributed by atoms with E-state index in [1.807, 2.05) is 36.1 Å². The summed E-state index contributed by atoms with van der Waals surface area (Å²) in [5.74, 6) is 1.04. The third-order valence-electron chi connectivity index (χ3n) is 5.81. The number of anilines is 1. The standard InChI is InChI=1S/C23H22N8O4/c1-2-35-17-9-7-16(8-10-17)30-22-20(26-27-30)21(24-15-25-22)28-11-13-29(14-12-28)23(32)18-5-3-4-6-19(18)31(33)34/h3-10,15H,2,11-14H2,1H3. The molecule has 5 rings (SSSR count). The summed E-state index contributed by atoms with van der Waals surface area (Å²) >= 11 is 0. The lowest BCUT2D eigenvalue weighted by Gasteiger charge is -2.35.